The number of hydrogen-bond donors (Lipinski definition) is 1. The number of carbonyl (C=O) groups excluding carboxylic acids is 3. The van der Waals surface area contributed by atoms with Crippen molar-refractivity contribution in [3.63, 3.8) is 0 Å². The van der Waals surface area contributed by atoms with Gasteiger partial charge < -0.3 is 9.84 Å². The van der Waals surface area contributed by atoms with Crippen molar-refractivity contribution >= 4 is 29.4 Å². The van der Waals surface area contributed by atoms with Crippen molar-refractivity contribution in [1.82, 2.24) is 14.9 Å². The minimum Gasteiger partial charge on any atom is -0.461 e. The highest BCUT2D eigenvalue weighted by Crippen LogP contribution is 2.64. The van der Waals surface area contributed by atoms with Gasteiger partial charge in [-0.3, -0.25) is 24.5 Å². The number of benzene rings is 3. The molecular formula is C46H39N3O5. The fraction of sp³-hybridized carbons (Fsp3) is 0.196. The zero-order valence-corrected chi connectivity index (χ0v) is 29.8. The Hall–Kier alpha value is -6.25. The molecule has 8 heteroatoms. The largest absolute Gasteiger partial charge is 0.461 e. The first kappa shape index (κ1) is 34.8. The highest BCUT2D eigenvalue weighted by molar-refractivity contribution is 6.08. The number of ether oxygens (including phenoxy) is 1. The summed E-state index contributed by atoms with van der Waals surface area (Å²) in [4.78, 5) is 52.2. The normalized spacial score (nSPS) is 22.3. The lowest BCUT2D eigenvalue weighted by Crippen LogP contribution is -2.39. The third kappa shape index (κ3) is 6.08. The molecule has 3 aromatic carbocycles. The predicted octanol–water partition coefficient (Wildman–Crippen LogP) is 6.82. The van der Waals surface area contributed by atoms with Crippen LogP contribution in [0.3, 0.4) is 0 Å². The van der Waals surface area contributed by atoms with Crippen molar-refractivity contribution in [3.05, 3.63) is 191 Å². The Bertz CT molecular complexity index is 2190. The van der Waals surface area contributed by atoms with Crippen LogP contribution in [0.2, 0.25) is 0 Å². The van der Waals surface area contributed by atoms with Crippen LogP contribution in [0.4, 0.5) is 0 Å². The fourth-order valence-electron chi connectivity index (χ4n) is 8.45. The molecule has 1 saturated carbocycles. The molecular weight excluding hydrogens is 675 g/mol. The SMILES string of the molecule is CCc1ccc(/C=C/C(=O)OCCN2C(=O)[C@@H]3[C@@H]4C(C(O)(c5ccccc5)c5ccccn5)=C[C@@H](C4=C(c4ccccc4)c4ccccn4)[C@@H]3C2=O)cc1. The molecule has 8 nitrogen and oxygen atoms in total. The van der Waals surface area contributed by atoms with Gasteiger partial charge in [-0.2, -0.15) is 0 Å². The highest BCUT2D eigenvalue weighted by Gasteiger charge is 2.66. The van der Waals surface area contributed by atoms with Gasteiger partial charge >= 0.3 is 5.97 Å². The number of aryl methyl sites for hydroxylation is 1. The second-order valence-electron chi connectivity index (χ2n) is 13.8. The van der Waals surface area contributed by atoms with E-state index >= 15 is 0 Å². The fourth-order valence-corrected chi connectivity index (χ4v) is 8.45. The summed E-state index contributed by atoms with van der Waals surface area (Å²) in [5, 5.41) is 13.1. The number of aliphatic hydroxyl groups is 1. The van der Waals surface area contributed by atoms with Crippen LogP contribution in [0, 0.1) is 23.7 Å². The van der Waals surface area contributed by atoms with Gasteiger partial charge in [0.2, 0.25) is 11.8 Å². The van der Waals surface area contributed by atoms with E-state index in [0.717, 1.165) is 28.7 Å². The molecule has 2 aromatic heterocycles. The molecule has 1 saturated heterocycles. The molecule has 2 bridgehead atoms. The number of amides is 2. The predicted molar refractivity (Wildman–Crippen MR) is 205 cm³/mol. The number of fused-ring (bicyclic) bond motifs is 5. The van der Waals surface area contributed by atoms with Crippen LogP contribution in [0.1, 0.15) is 40.6 Å². The first-order chi connectivity index (χ1) is 26.4. The molecule has 8 rings (SSSR count). The number of allylic oxidation sites excluding steroid dienone is 2. The summed E-state index contributed by atoms with van der Waals surface area (Å²) in [6.07, 6.45) is 9.32. The van der Waals surface area contributed by atoms with E-state index in [9.17, 15) is 19.5 Å². The second-order valence-corrected chi connectivity index (χ2v) is 13.8. The zero-order chi connectivity index (χ0) is 37.2. The number of rotatable bonds is 11. The maximum absolute atomic E-state index is 14.6. The van der Waals surface area contributed by atoms with E-state index in [4.69, 9.17) is 9.72 Å². The van der Waals surface area contributed by atoms with E-state index in [-0.39, 0.29) is 25.0 Å². The molecule has 1 aliphatic heterocycles. The lowest BCUT2D eigenvalue weighted by molar-refractivity contribution is -0.145. The third-order valence-corrected chi connectivity index (χ3v) is 10.9. The topological polar surface area (TPSA) is 110 Å². The van der Waals surface area contributed by atoms with Gasteiger partial charge in [0.05, 0.1) is 29.8 Å². The maximum Gasteiger partial charge on any atom is 0.330 e. The van der Waals surface area contributed by atoms with Gasteiger partial charge in [0.1, 0.15) is 6.61 Å². The van der Waals surface area contributed by atoms with Crippen LogP contribution in [-0.2, 0) is 31.1 Å². The summed E-state index contributed by atoms with van der Waals surface area (Å²) in [5.74, 6) is -3.90. The van der Waals surface area contributed by atoms with Crippen LogP contribution in [0.15, 0.2) is 157 Å². The average molecular weight is 714 g/mol. The smallest absolute Gasteiger partial charge is 0.330 e. The Kier molecular flexibility index (Phi) is 9.44. The van der Waals surface area contributed by atoms with Crippen LogP contribution in [0.25, 0.3) is 11.6 Å². The summed E-state index contributed by atoms with van der Waals surface area (Å²) < 4.78 is 5.47. The Morgan fingerprint density at radius 1 is 0.815 bits per heavy atom. The number of esters is 1. The summed E-state index contributed by atoms with van der Waals surface area (Å²) in [6, 6.07) is 38.2. The molecule has 2 amide bonds. The van der Waals surface area contributed by atoms with E-state index in [1.54, 1.807) is 30.6 Å². The quantitative estimate of drug-likeness (QED) is 0.0693. The van der Waals surface area contributed by atoms with Gasteiger partial charge in [-0.05, 0) is 70.2 Å². The van der Waals surface area contributed by atoms with Gasteiger partial charge in [-0.25, -0.2) is 4.79 Å². The molecule has 54 heavy (non-hydrogen) atoms. The van der Waals surface area contributed by atoms with Crippen molar-refractivity contribution in [2.24, 2.45) is 23.7 Å². The van der Waals surface area contributed by atoms with Crippen molar-refractivity contribution in [1.29, 1.82) is 0 Å². The molecule has 0 radical (unpaired) electrons. The first-order valence-electron chi connectivity index (χ1n) is 18.3. The van der Waals surface area contributed by atoms with E-state index in [1.807, 2.05) is 115 Å². The number of hydrogen-bond acceptors (Lipinski definition) is 7. The second kappa shape index (κ2) is 14.6. The maximum atomic E-state index is 14.6. The molecule has 1 N–H and O–H groups in total. The van der Waals surface area contributed by atoms with Crippen LogP contribution >= 0.6 is 0 Å². The Morgan fingerprint density at radius 2 is 1.48 bits per heavy atom. The minimum atomic E-state index is -1.71. The highest BCUT2D eigenvalue weighted by atomic mass is 16.5. The zero-order valence-electron chi connectivity index (χ0n) is 29.8. The summed E-state index contributed by atoms with van der Waals surface area (Å²) in [7, 11) is 0. The molecule has 5 aromatic rings. The lowest BCUT2D eigenvalue weighted by atomic mass is 9.71. The summed E-state index contributed by atoms with van der Waals surface area (Å²) >= 11 is 0. The Labute approximate surface area is 314 Å². The molecule has 2 fully saturated rings. The van der Waals surface area contributed by atoms with E-state index in [2.05, 4.69) is 11.9 Å². The van der Waals surface area contributed by atoms with E-state index in [1.165, 1.54) is 16.5 Å². The van der Waals surface area contributed by atoms with Crippen LogP contribution < -0.4 is 0 Å². The van der Waals surface area contributed by atoms with Gasteiger partial charge in [0.15, 0.2) is 5.60 Å². The van der Waals surface area contributed by atoms with Crippen molar-refractivity contribution < 1.29 is 24.2 Å². The number of aromatic nitrogens is 2. The van der Waals surface area contributed by atoms with Crippen LogP contribution in [-0.4, -0.2) is 50.9 Å². The standard InChI is InChI=1S/C46H39N3O5/c1-2-30-19-21-31(22-20-30)23-24-38(50)54-28-27-49-44(51)41-34-29-35(46(53,33-15-7-4-8-16-33)37-18-10-12-26-48-37)42(43(41)45(49)52)40(34)39(32-13-5-3-6-14-32)36-17-9-11-25-47-36/h3-26,29,34,41-43,53H,2,27-28H2,1H3/b24-23+,40-39?/t34-,41-,42+,43-,46?/m0/s1. The molecule has 2 aliphatic carbocycles. The van der Waals surface area contributed by atoms with Gasteiger partial charge in [-0.1, -0.05) is 110 Å². The number of likely N-dealkylation sites (tertiary alicyclic amines) is 1. The monoisotopic (exact) mass is 713 g/mol. The number of imide groups is 1. The summed E-state index contributed by atoms with van der Waals surface area (Å²) in [6.45, 7) is 1.87. The van der Waals surface area contributed by atoms with Gasteiger partial charge in [0.25, 0.3) is 0 Å². The lowest BCUT2D eigenvalue weighted by Gasteiger charge is -2.36. The van der Waals surface area contributed by atoms with E-state index < -0.39 is 35.2 Å². The molecule has 1 unspecified atom stereocenters. The Balaban J connectivity index is 1.17. The van der Waals surface area contributed by atoms with E-state index in [0.29, 0.717) is 22.5 Å². The number of nitrogens with zero attached hydrogens (tertiary/aromatic N) is 3. The summed E-state index contributed by atoms with van der Waals surface area (Å²) in [5.41, 5.74) is 5.30. The average Bonchev–Trinajstić information content (AvgIpc) is 3.84. The van der Waals surface area contributed by atoms with Crippen molar-refractivity contribution in [2.45, 2.75) is 18.9 Å². The molecule has 0 spiro atoms. The van der Waals surface area contributed by atoms with Crippen LogP contribution in [0.5, 0.6) is 0 Å². The number of pyridine rings is 2. The van der Waals surface area contributed by atoms with Crippen molar-refractivity contribution in [2.75, 3.05) is 13.2 Å². The molecule has 268 valence electrons. The molecule has 5 atom stereocenters. The van der Waals surface area contributed by atoms with Gasteiger partial charge in [-0.15, -0.1) is 0 Å². The molecule has 3 heterocycles. The number of carbonyl (C=O) groups is 3. The Morgan fingerprint density at radius 3 is 2.15 bits per heavy atom. The molecule has 3 aliphatic rings. The van der Waals surface area contributed by atoms with Crippen molar-refractivity contribution in [3.8, 4) is 0 Å². The van der Waals surface area contributed by atoms with Gasteiger partial charge in [0, 0.05) is 35.9 Å². The first-order valence-corrected chi connectivity index (χ1v) is 18.3. The third-order valence-electron chi connectivity index (χ3n) is 10.9. The minimum absolute atomic E-state index is 0.0712.